The minimum Gasteiger partial charge on any atom is -0.224 e. The Morgan fingerprint density at radius 2 is 1.36 bits per heavy atom. The summed E-state index contributed by atoms with van der Waals surface area (Å²) in [6.07, 6.45) is 1.12. The second-order valence-electron chi connectivity index (χ2n) is 4.69. The summed E-state index contributed by atoms with van der Waals surface area (Å²) in [7, 11) is -6.86. The molecule has 0 amide bonds. The molecule has 0 unspecified atom stereocenters. The fraction of sp³-hybridized carbons (Fsp3) is 0.143. The van der Waals surface area contributed by atoms with Gasteiger partial charge in [-0.1, -0.05) is 28.1 Å². The molecule has 0 atom stereocenters. The van der Waals surface area contributed by atoms with Gasteiger partial charge >= 0.3 is 0 Å². The second-order valence-corrected chi connectivity index (χ2v) is 9.39. The van der Waals surface area contributed by atoms with Crippen LogP contribution in [0.2, 0.25) is 0 Å². The third-order valence-corrected chi connectivity index (χ3v) is 6.02. The molecule has 2 rings (SSSR count). The van der Waals surface area contributed by atoms with Gasteiger partial charge in [-0.3, -0.25) is 0 Å². The Balaban J connectivity index is 2.10. The Morgan fingerprint density at radius 3 is 1.86 bits per heavy atom. The summed E-state index contributed by atoms with van der Waals surface area (Å²) in [5.74, 6) is 0. The molecule has 5 nitrogen and oxygen atoms in total. The summed E-state index contributed by atoms with van der Waals surface area (Å²) in [5, 5.41) is 0. The summed E-state index contributed by atoms with van der Waals surface area (Å²) in [5.41, 5.74) is 0.674. The number of benzene rings is 2. The van der Waals surface area contributed by atoms with Crippen molar-refractivity contribution in [2.45, 2.75) is 16.3 Å². The Kier molecular flexibility index (Phi) is 5.06. The Labute approximate surface area is 138 Å². The zero-order chi connectivity index (χ0) is 16.4. The van der Waals surface area contributed by atoms with E-state index in [1.807, 2.05) is 0 Å². The van der Waals surface area contributed by atoms with Crippen molar-refractivity contribution >= 4 is 35.8 Å². The van der Waals surface area contributed by atoms with Crippen molar-refractivity contribution in [3.63, 3.8) is 0 Å². The first-order valence-electron chi connectivity index (χ1n) is 6.23. The van der Waals surface area contributed by atoms with E-state index in [0.717, 1.165) is 10.7 Å². The third-order valence-electron chi connectivity index (χ3n) is 2.94. The SMILES string of the molecule is CS(=O)(=O)c1ccc(CNS(=O)(=O)c2ccc(Br)cc2)cc1. The number of sulfone groups is 1. The van der Waals surface area contributed by atoms with Gasteiger partial charge < -0.3 is 0 Å². The van der Waals surface area contributed by atoms with Crippen LogP contribution in [-0.2, 0) is 26.4 Å². The largest absolute Gasteiger partial charge is 0.240 e. The maximum absolute atomic E-state index is 12.1. The minimum atomic E-state index is -3.60. The van der Waals surface area contributed by atoms with E-state index in [-0.39, 0.29) is 16.3 Å². The van der Waals surface area contributed by atoms with E-state index < -0.39 is 19.9 Å². The number of halogens is 1. The van der Waals surface area contributed by atoms with Gasteiger partial charge in [0.2, 0.25) is 10.0 Å². The number of nitrogens with one attached hydrogen (secondary N) is 1. The lowest BCUT2D eigenvalue weighted by Gasteiger charge is -2.07. The molecule has 0 spiro atoms. The van der Waals surface area contributed by atoms with Gasteiger partial charge in [-0.2, -0.15) is 0 Å². The molecule has 2 aromatic rings. The van der Waals surface area contributed by atoms with Crippen molar-refractivity contribution in [2.75, 3.05) is 6.26 Å². The monoisotopic (exact) mass is 403 g/mol. The van der Waals surface area contributed by atoms with E-state index in [4.69, 9.17) is 0 Å². The average molecular weight is 404 g/mol. The van der Waals surface area contributed by atoms with Crippen LogP contribution >= 0.6 is 15.9 Å². The molecule has 0 aliphatic rings. The fourth-order valence-electron chi connectivity index (χ4n) is 1.73. The second kappa shape index (κ2) is 6.49. The van der Waals surface area contributed by atoms with Crippen molar-refractivity contribution in [1.29, 1.82) is 0 Å². The number of rotatable bonds is 5. The quantitative estimate of drug-likeness (QED) is 0.830. The zero-order valence-electron chi connectivity index (χ0n) is 11.7. The highest BCUT2D eigenvalue weighted by atomic mass is 79.9. The first-order valence-corrected chi connectivity index (χ1v) is 10.4. The number of hydrogen-bond acceptors (Lipinski definition) is 4. The first-order chi connectivity index (χ1) is 10.2. The highest BCUT2D eigenvalue weighted by Gasteiger charge is 2.13. The molecule has 0 aliphatic carbocycles. The van der Waals surface area contributed by atoms with E-state index in [1.165, 1.54) is 24.3 Å². The topological polar surface area (TPSA) is 80.3 Å². The van der Waals surface area contributed by atoms with Crippen molar-refractivity contribution in [3.05, 3.63) is 58.6 Å². The van der Waals surface area contributed by atoms with Gasteiger partial charge in [-0.15, -0.1) is 0 Å². The lowest BCUT2D eigenvalue weighted by atomic mass is 10.2. The predicted molar refractivity (Wildman–Crippen MR) is 87.7 cm³/mol. The Hall–Kier alpha value is -1.22. The summed E-state index contributed by atoms with van der Waals surface area (Å²) in [6, 6.07) is 12.4. The maximum Gasteiger partial charge on any atom is 0.240 e. The van der Waals surface area contributed by atoms with Gasteiger partial charge in [0.25, 0.3) is 0 Å². The highest BCUT2D eigenvalue weighted by molar-refractivity contribution is 9.10. The van der Waals surface area contributed by atoms with Crippen LogP contribution in [0.3, 0.4) is 0 Å². The van der Waals surface area contributed by atoms with E-state index >= 15 is 0 Å². The van der Waals surface area contributed by atoms with Gasteiger partial charge in [0.05, 0.1) is 9.79 Å². The lowest BCUT2D eigenvalue weighted by Crippen LogP contribution is -2.23. The van der Waals surface area contributed by atoms with Crippen LogP contribution < -0.4 is 4.72 Å². The van der Waals surface area contributed by atoms with Crippen molar-refractivity contribution < 1.29 is 16.8 Å². The van der Waals surface area contributed by atoms with E-state index in [2.05, 4.69) is 20.7 Å². The molecule has 0 aliphatic heterocycles. The van der Waals surface area contributed by atoms with Crippen LogP contribution in [0.25, 0.3) is 0 Å². The van der Waals surface area contributed by atoms with Crippen LogP contribution in [0.4, 0.5) is 0 Å². The molecule has 0 bridgehead atoms. The molecular weight excluding hydrogens is 390 g/mol. The molecule has 0 saturated carbocycles. The van der Waals surface area contributed by atoms with Crippen LogP contribution in [0.5, 0.6) is 0 Å². The number of hydrogen-bond donors (Lipinski definition) is 1. The van der Waals surface area contributed by atoms with E-state index in [9.17, 15) is 16.8 Å². The van der Waals surface area contributed by atoms with E-state index in [1.54, 1.807) is 24.3 Å². The molecule has 0 heterocycles. The van der Waals surface area contributed by atoms with Crippen LogP contribution in [-0.4, -0.2) is 23.1 Å². The van der Waals surface area contributed by atoms with Gasteiger partial charge in [-0.25, -0.2) is 21.6 Å². The standard InChI is InChI=1S/C14H14BrNO4S2/c1-21(17,18)13-6-2-11(3-7-13)10-16-22(19,20)14-8-4-12(15)5-9-14/h2-9,16H,10H2,1H3. The molecular formula is C14H14BrNO4S2. The smallest absolute Gasteiger partial charge is 0.224 e. The van der Waals surface area contributed by atoms with Crippen molar-refractivity contribution in [2.24, 2.45) is 0 Å². The lowest BCUT2D eigenvalue weighted by molar-refractivity contribution is 0.581. The molecule has 2 aromatic carbocycles. The fourth-order valence-corrected chi connectivity index (χ4v) is 3.64. The normalized spacial score (nSPS) is 12.3. The molecule has 118 valence electrons. The average Bonchev–Trinajstić information content (AvgIpc) is 2.45. The number of sulfonamides is 1. The van der Waals surface area contributed by atoms with Crippen LogP contribution in [0.15, 0.2) is 62.8 Å². The van der Waals surface area contributed by atoms with Crippen molar-refractivity contribution in [3.8, 4) is 0 Å². The van der Waals surface area contributed by atoms with Crippen molar-refractivity contribution in [1.82, 2.24) is 4.72 Å². The molecule has 0 fully saturated rings. The van der Waals surface area contributed by atoms with Gasteiger partial charge in [0, 0.05) is 17.3 Å². The maximum atomic E-state index is 12.1. The summed E-state index contributed by atoms with van der Waals surface area (Å²) in [4.78, 5) is 0.371. The molecule has 0 saturated heterocycles. The van der Waals surface area contributed by atoms with Gasteiger partial charge in [-0.05, 0) is 42.0 Å². The minimum absolute atomic E-state index is 0.0858. The van der Waals surface area contributed by atoms with Gasteiger partial charge in [0.1, 0.15) is 0 Å². The highest BCUT2D eigenvalue weighted by Crippen LogP contribution is 2.15. The first kappa shape index (κ1) is 17.1. The van der Waals surface area contributed by atoms with E-state index in [0.29, 0.717) is 5.56 Å². The van der Waals surface area contributed by atoms with Gasteiger partial charge in [0.15, 0.2) is 9.84 Å². The summed E-state index contributed by atoms with van der Waals surface area (Å²) in [6.45, 7) is 0.0858. The zero-order valence-corrected chi connectivity index (χ0v) is 14.9. The predicted octanol–water partition coefficient (Wildman–Crippen LogP) is 2.33. The Morgan fingerprint density at radius 1 is 0.864 bits per heavy atom. The molecule has 0 radical (unpaired) electrons. The molecule has 8 heteroatoms. The molecule has 0 aromatic heterocycles. The van der Waals surface area contributed by atoms with Crippen LogP contribution in [0.1, 0.15) is 5.56 Å². The molecule has 1 N–H and O–H groups in total. The van der Waals surface area contributed by atoms with Crippen LogP contribution in [0, 0.1) is 0 Å². The summed E-state index contributed by atoms with van der Waals surface area (Å²) >= 11 is 3.25. The molecule has 22 heavy (non-hydrogen) atoms. The third kappa shape index (κ3) is 4.39. The summed E-state index contributed by atoms with van der Waals surface area (Å²) < 4.78 is 50.2. The Bertz CT molecular complexity index is 858.